The van der Waals surface area contributed by atoms with Crippen LogP contribution in [0.5, 0.6) is 0 Å². The van der Waals surface area contributed by atoms with Crippen LogP contribution in [0.2, 0.25) is 0 Å². The lowest BCUT2D eigenvalue weighted by molar-refractivity contribution is -0.130. The molecule has 0 bridgehead atoms. The lowest BCUT2D eigenvalue weighted by Crippen LogP contribution is -2.29. The van der Waals surface area contributed by atoms with E-state index in [1.54, 1.807) is 0 Å². The molecular weight excluding hydrogens is 284 g/mol. The number of carbonyl (C=O) groups is 1. The van der Waals surface area contributed by atoms with E-state index in [0.29, 0.717) is 30.7 Å². The third-order valence-corrected chi connectivity index (χ3v) is 4.32. The highest BCUT2D eigenvalue weighted by Gasteiger charge is 2.34. The Morgan fingerprint density at radius 2 is 1.95 bits per heavy atom. The Kier molecular flexibility index (Phi) is 7.76. The maximum absolute atomic E-state index is 12.2. The Hall–Kier alpha value is -1.06. The highest BCUT2D eigenvalue weighted by Crippen LogP contribution is 2.32. The molecule has 2 rings (SSSR count). The summed E-state index contributed by atoms with van der Waals surface area (Å²) in [7, 11) is 0. The van der Waals surface area contributed by atoms with Crippen molar-refractivity contribution in [3.05, 3.63) is 35.9 Å². The molecule has 1 saturated heterocycles. The van der Waals surface area contributed by atoms with E-state index in [-0.39, 0.29) is 12.4 Å². The summed E-state index contributed by atoms with van der Waals surface area (Å²) in [5.74, 6) is 1.10. The first-order valence-electron chi connectivity index (χ1n) is 7.79. The highest BCUT2D eigenvalue weighted by molar-refractivity contribution is 5.85. The van der Waals surface area contributed by atoms with Crippen LogP contribution in [0.25, 0.3) is 0 Å². The van der Waals surface area contributed by atoms with Crippen molar-refractivity contribution in [2.75, 3.05) is 19.6 Å². The van der Waals surface area contributed by atoms with Gasteiger partial charge >= 0.3 is 0 Å². The molecule has 1 aliphatic heterocycles. The molecule has 0 unspecified atom stereocenters. The van der Waals surface area contributed by atoms with Crippen LogP contribution in [0.4, 0.5) is 0 Å². The van der Waals surface area contributed by atoms with Crippen molar-refractivity contribution in [3.63, 3.8) is 0 Å². The monoisotopic (exact) mass is 310 g/mol. The number of nitrogens with zero attached hydrogens (tertiary/aromatic N) is 1. The first kappa shape index (κ1) is 18.0. The zero-order valence-corrected chi connectivity index (χ0v) is 13.6. The fraction of sp³-hybridized carbons (Fsp3) is 0.588. The molecule has 2 N–H and O–H groups in total. The number of halogens is 1. The van der Waals surface area contributed by atoms with Gasteiger partial charge in [-0.3, -0.25) is 4.79 Å². The number of carbonyl (C=O) groups excluding carboxylic acids is 1. The zero-order valence-electron chi connectivity index (χ0n) is 12.8. The van der Waals surface area contributed by atoms with Gasteiger partial charge in [0.2, 0.25) is 5.91 Å². The number of hydrogen-bond acceptors (Lipinski definition) is 2. The van der Waals surface area contributed by atoms with Crippen molar-refractivity contribution in [2.24, 2.45) is 11.7 Å². The summed E-state index contributed by atoms with van der Waals surface area (Å²) in [6.07, 6.45) is 4.00. The SMILES string of the molecule is CCCCCC(=O)N1C[C@@H](CN)[C@H](c2ccccc2)C1.Cl. The van der Waals surface area contributed by atoms with Crippen molar-refractivity contribution in [1.82, 2.24) is 4.90 Å². The predicted octanol–water partition coefficient (Wildman–Crippen LogP) is 3.19. The number of rotatable bonds is 6. The average molecular weight is 311 g/mol. The normalized spacial score (nSPS) is 21.1. The molecule has 0 aromatic heterocycles. The largest absolute Gasteiger partial charge is 0.342 e. The molecule has 1 aromatic rings. The highest BCUT2D eigenvalue weighted by atomic mass is 35.5. The van der Waals surface area contributed by atoms with Crippen molar-refractivity contribution in [3.8, 4) is 0 Å². The molecule has 1 amide bonds. The van der Waals surface area contributed by atoms with Crippen molar-refractivity contribution in [1.29, 1.82) is 0 Å². The van der Waals surface area contributed by atoms with Crippen molar-refractivity contribution >= 4 is 18.3 Å². The fourth-order valence-corrected chi connectivity index (χ4v) is 3.08. The molecule has 0 spiro atoms. The second-order valence-electron chi connectivity index (χ2n) is 5.77. The maximum atomic E-state index is 12.2. The van der Waals surface area contributed by atoms with E-state index in [0.717, 1.165) is 32.4 Å². The molecule has 3 nitrogen and oxygen atoms in total. The van der Waals surface area contributed by atoms with E-state index in [9.17, 15) is 4.79 Å². The van der Waals surface area contributed by atoms with Crippen LogP contribution in [0.3, 0.4) is 0 Å². The van der Waals surface area contributed by atoms with Crippen LogP contribution in [-0.2, 0) is 4.79 Å². The Morgan fingerprint density at radius 1 is 1.24 bits per heavy atom. The molecule has 118 valence electrons. The van der Waals surface area contributed by atoms with Crippen LogP contribution in [-0.4, -0.2) is 30.4 Å². The molecule has 2 atom stereocenters. The third kappa shape index (κ3) is 4.72. The minimum Gasteiger partial charge on any atom is -0.342 e. The molecule has 1 heterocycles. The summed E-state index contributed by atoms with van der Waals surface area (Å²) < 4.78 is 0. The lowest BCUT2D eigenvalue weighted by atomic mass is 9.89. The summed E-state index contributed by atoms with van der Waals surface area (Å²) in [5, 5.41) is 0. The zero-order chi connectivity index (χ0) is 14.4. The number of nitrogens with two attached hydrogens (primary N) is 1. The van der Waals surface area contributed by atoms with Crippen LogP contribution in [0.1, 0.15) is 44.1 Å². The number of amides is 1. The number of hydrogen-bond donors (Lipinski definition) is 1. The molecule has 0 radical (unpaired) electrons. The smallest absolute Gasteiger partial charge is 0.222 e. The summed E-state index contributed by atoms with van der Waals surface area (Å²) in [6.45, 7) is 4.46. The number of likely N-dealkylation sites (tertiary alicyclic amines) is 1. The number of unbranched alkanes of at least 4 members (excludes halogenated alkanes) is 2. The first-order chi connectivity index (χ1) is 9.76. The molecule has 4 heteroatoms. The quantitative estimate of drug-likeness (QED) is 0.820. The van der Waals surface area contributed by atoms with Gasteiger partial charge in [0.15, 0.2) is 0 Å². The van der Waals surface area contributed by atoms with Crippen LogP contribution in [0, 0.1) is 5.92 Å². The van der Waals surface area contributed by atoms with Crippen LogP contribution >= 0.6 is 12.4 Å². The van der Waals surface area contributed by atoms with E-state index < -0.39 is 0 Å². The molecule has 0 saturated carbocycles. The van der Waals surface area contributed by atoms with Crippen LogP contribution < -0.4 is 5.73 Å². The van der Waals surface area contributed by atoms with Crippen LogP contribution in [0.15, 0.2) is 30.3 Å². The van der Waals surface area contributed by atoms with E-state index >= 15 is 0 Å². The summed E-state index contributed by atoms with van der Waals surface area (Å²) in [5.41, 5.74) is 7.22. The maximum Gasteiger partial charge on any atom is 0.222 e. The predicted molar refractivity (Wildman–Crippen MR) is 89.7 cm³/mol. The minimum absolute atomic E-state index is 0. The standard InChI is InChI=1S/C17H26N2O.ClH/c1-2-3-5-10-17(20)19-12-15(11-18)16(13-19)14-8-6-4-7-9-14;/h4,6-9,15-16H,2-3,5,10-13,18H2,1H3;1H/t15-,16+;/m1./s1. The Labute approximate surface area is 134 Å². The van der Waals surface area contributed by atoms with Gasteiger partial charge in [0, 0.05) is 25.4 Å². The van der Waals surface area contributed by atoms with Gasteiger partial charge in [-0.1, -0.05) is 50.1 Å². The topological polar surface area (TPSA) is 46.3 Å². The van der Waals surface area contributed by atoms with Gasteiger partial charge in [-0.05, 0) is 24.4 Å². The Morgan fingerprint density at radius 3 is 2.57 bits per heavy atom. The third-order valence-electron chi connectivity index (χ3n) is 4.32. The van der Waals surface area contributed by atoms with Gasteiger partial charge < -0.3 is 10.6 Å². The second-order valence-corrected chi connectivity index (χ2v) is 5.77. The summed E-state index contributed by atoms with van der Waals surface area (Å²) >= 11 is 0. The van der Waals surface area contributed by atoms with E-state index in [1.165, 1.54) is 5.56 Å². The van der Waals surface area contributed by atoms with Crippen molar-refractivity contribution in [2.45, 2.75) is 38.5 Å². The second kappa shape index (κ2) is 9.06. The number of benzene rings is 1. The molecule has 1 aliphatic rings. The van der Waals surface area contributed by atoms with Gasteiger partial charge in [-0.2, -0.15) is 0 Å². The molecule has 0 aliphatic carbocycles. The summed E-state index contributed by atoms with van der Waals surface area (Å²) in [4.78, 5) is 14.3. The molecule has 1 fully saturated rings. The fourth-order valence-electron chi connectivity index (χ4n) is 3.08. The van der Waals surface area contributed by atoms with Gasteiger partial charge in [-0.15, -0.1) is 12.4 Å². The Balaban J connectivity index is 0.00000220. The molecular formula is C17H27ClN2O. The lowest BCUT2D eigenvalue weighted by Gasteiger charge is -2.16. The molecule has 21 heavy (non-hydrogen) atoms. The summed E-state index contributed by atoms with van der Waals surface area (Å²) in [6, 6.07) is 10.5. The van der Waals surface area contributed by atoms with E-state index in [4.69, 9.17) is 5.73 Å². The van der Waals surface area contributed by atoms with Crippen molar-refractivity contribution < 1.29 is 4.79 Å². The molecule has 1 aromatic carbocycles. The van der Waals surface area contributed by atoms with Gasteiger partial charge in [-0.25, -0.2) is 0 Å². The first-order valence-corrected chi connectivity index (χ1v) is 7.79. The average Bonchev–Trinajstić information content (AvgIpc) is 2.92. The van der Waals surface area contributed by atoms with Gasteiger partial charge in [0.05, 0.1) is 0 Å². The van der Waals surface area contributed by atoms with E-state index in [2.05, 4.69) is 31.2 Å². The minimum atomic E-state index is 0. The van der Waals surface area contributed by atoms with Gasteiger partial charge in [0.1, 0.15) is 0 Å². The van der Waals surface area contributed by atoms with Gasteiger partial charge in [0.25, 0.3) is 0 Å². The Bertz CT molecular complexity index is 424. The van der Waals surface area contributed by atoms with E-state index in [1.807, 2.05) is 11.0 Å².